The number of halogens is 3. The van der Waals surface area contributed by atoms with Crippen LogP contribution in [0.3, 0.4) is 0 Å². The number of piperidine rings is 1. The van der Waals surface area contributed by atoms with Gasteiger partial charge in [-0.1, -0.05) is 6.42 Å². The summed E-state index contributed by atoms with van der Waals surface area (Å²) in [6, 6.07) is 2.76. The van der Waals surface area contributed by atoms with Crippen molar-refractivity contribution >= 4 is 5.97 Å². The molecule has 4 rings (SSSR count). The maximum Gasteiger partial charge on any atom is 0.490 e. The molecule has 1 aliphatic carbocycles. The summed E-state index contributed by atoms with van der Waals surface area (Å²) in [5, 5.41) is 10.5. The van der Waals surface area contributed by atoms with Crippen molar-refractivity contribution in [3.05, 3.63) is 24.0 Å². The molecule has 0 unspecified atom stereocenters. The van der Waals surface area contributed by atoms with Crippen molar-refractivity contribution in [2.24, 2.45) is 5.92 Å². The number of nitrogens with zero attached hydrogens (tertiary/aromatic N) is 2. The summed E-state index contributed by atoms with van der Waals surface area (Å²) >= 11 is 0. The largest absolute Gasteiger partial charge is 0.490 e. The lowest BCUT2D eigenvalue weighted by molar-refractivity contribution is -0.192. The van der Waals surface area contributed by atoms with Crippen molar-refractivity contribution in [2.75, 3.05) is 32.8 Å². The fraction of sp³-hybridized carbons (Fsp3) is 0.714. The summed E-state index contributed by atoms with van der Waals surface area (Å²) in [5.74, 6) is -0.231. The van der Waals surface area contributed by atoms with E-state index < -0.39 is 12.1 Å². The molecule has 3 aliphatic rings. The SMILES string of the molecule is O=C(O)C(F)(F)F.c1ncc([C@H]2C[C@@H]2CCN2CCCCC2)cc1OC[C@@H]1CCN1. The average Bonchev–Trinajstić information content (AvgIpc) is 3.46. The summed E-state index contributed by atoms with van der Waals surface area (Å²) < 4.78 is 37.6. The summed E-state index contributed by atoms with van der Waals surface area (Å²) in [4.78, 5) is 15.9. The van der Waals surface area contributed by atoms with E-state index in [9.17, 15) is 13.2 Å². The van der Waals surface area contributed by atoms with E-state index in [1.54, 1.807) is 0 Å². The summed E-state index contributed by atoms with van der Waals surface area (Å²) in [7, 11) is 0. The van der Waals surface area contributed by atoms with Crippen molar-refractivity contribution in [1.29, 1.82) is 0 Å². The molecule has 2 aliphatic heterocycles. The number of carbonyl (C=O) groups is 1. The third-order valence-electron chi connectivity index (χ3n) is 5.97. The quantitative estimate of drug-likeness (QED) is 0.692. The molecule has 30 heavy (non-hydrogen) atoms. The van der Waals surface area contributed by atoms with Crippen LogP contribution in [0, 0.1) is 5.92 Å². The van der Waals surface area contributed by atoms with Gasteiger partial charge in [-0.05, 0) is 81.7 Å². The third-order valence-corrected chi connectivity index (χ3v) is 5.97. The zero-order chi connectivity index (χ0) is 21.6. The van der Waals surface area contributed by atoms with E-state index in [1.807, 2.05) is 12.4 Å². The molecule has 1 saturated carbocycles. The van der Waals surface area contributed by atoms with Crippen LogP contribution in [-0.4, -0.2) is 66.0 Å². The first-order valence-corrected chi connectivity index (χ1v) is 10.7. The number of hydrogen-bond donors (Lipinski definition) is 2. The molecule has 168 valence electrons. The number of alkyl halides is 3. The van der Waals surface area contributed by atoms with Gasteiger partial charge in [0, 0.05) is 12.2 Å². The minimum absolute atomic E-state index is 0.539. The Kier molecular flexibility index (Phi) is 7.93. The van der Waals surface area contributed by atoms with Gasteiger partial charge in [-0.3, -0.25) is 4.98 Å². The Morgan fingerprint density at radius 1 is 1.27 bits per heavy atom. The molecule has 0 amide bonds. The Balaban J connectivity index is 0.000000318. The highest BCUT2D eigenvalue weighted by atomic mass is 19.4. The monoisotopic (exact) mass is 429 g/mol. The van der Waals surface area contributed by atoms with Crippen molar-refractivity contribution in [1.82, 2.24) is 15.2 Å². The summed E-state index contributed by atoms with van der Waals surface area (Å²) in [5.41, 5.74) is 1.38. The van der Waals surface area contributed by atoms with E-state index in [1.165, 1.54) is 63.7 Å². The Hall–Kier alpha value is -1.87. The van der Waals surface area contributed by atoms with E-state index in [2.05, 4.69) is 21.3 Å². The first-order chi connectivity index (χ1) is 14.3. The highest BCUT2D eigenvalue weighted by Crippen LogP contribution is 2.49. The van der Waals surface area contributed by atoms with Crippen LogP contribution >= 0.6 is 0 Å². The summed E-state index contributed by atoms with van der Waals surface area (Å²) in [6.45, 7) is 5.83. The molecular weight excluding hydrogens is 399 g/mol. The zero-order valence-corrected chi connectivity index (χ0v) is 17.0. The van der Waals surface area contributed by atoms with Gasteiger partial charge in [-0.2, -0.15) is 13.2 Å². The average molecular weight is 429 g/mol. The van der Waals surface area contributed by atoms with E-state index in [-0.39, 0.29) is 0 Å². The molecule has 3 heterocycles. The fourth-order valence-electron chi connectivity index (χ4n) is 3.91. The van der Waals surface area contributed by atoms with Gasteiger partial charge in [0.05, 0.1) is 6.20 Å². The van der Waals surface area contributed by atoms with Crippen LogP contribution in [0.5, 0.6) is 5.75 Å². The molecule has 1 aromatic heterocycles. The molecule has 2 N–H and O–H groups in total. The molecule has 0 spiro atoms. The Morgan fingerprint density at radius 2 is 1.97 bits per heavy atom. The smallest absolute Gasteiger partial charge is 0.490 e. The van der Waals surface area contributed by atoms with E-state index in [0.29, 0.717) is 6.04 Å². The topological polar surface area (TPSA) is 74.7 Å². The first-order valence-electron chi connectivity index (χ1n) is 10.7. The highest BCUT2D eigenvalue weighted by molar-refractivity contribution is 5.73. The van der Waals surface area contributed by atoms with E-state index >= 15 is 0 Å². The summed E-state index contributed by atoms with van der Waals surface area (Å²) in [6.07, 6.45) is 6.95. The zero-order valence-electron chi connectivity index (χ0n) is 17.0. The lowest BCUT2D eigenvalue weighted by atomic mass is 10.1. The van der Waals surface area contributed by atoms with Crippen LogP contribution < -0.4 is 10.1 Å². The van der Waals surface area contributed by atoms with Crippen LogP contribution in [0.2, 0.25) is 0 Å². The lowest BCUT2D eigenvalue weighted by Crippen LogP contribution is -2.46. The molecule has 3 atom stereocenters. The number of nitrogens with one attached hydrogen (secondary N) is 1. The van der Waals surface area contributed by atoms with E-state index in [0.717, 1.165) is 30.7 Å². The minimum atomic E-state index is -5.08. The molecular formula is C21H30F3N3O3. The molecule has 2 saturated heterocycles. The second-order valence-corrected chi connectivity index (χ2v) is 8.30. The van der Waals surface area contributed by atoms with Crippen LogP contribution in [0.1, 0.15) is 50.0 Å². The fourth-order valence-corrected chi connectivity index (χ4v) is 3.91. The van der Waals surface area contributed by atoms with Gasteiger partial charge in [0.15, 0.2) is 0 Å². The molecule has 0 radical (unpaired) electrons. The predicted octanol–water partition coefficient (Wildman–Crippen LogP) is 3.44. The molecule has 0 aromatic carbocycles. The number of aromatic nitrogens is 1. The number of likely N-dealkylation sites (tertiary alicyclic amines) is 1. The Labute approximate surface area is 174 Å². The van der Waals surface area contributed by atoms with Crippen LogP contribution in [0.15, 0.2) is 18.5 Å². The van der Waals surface area contributed by atoms with Gasteiger partial charge >= 0.3 is 12.1 Å². The molecule has 0 bridgehead atoms. The Bertz CT molecular complexity index is 692. The highest BCUT2D eigenvalue weighted by Gasteiger charge is 2.39. The van der Waals surface area contributed by atoms with Crippen molar-refractivity contribution in [3.8, 4) is 5.75 Å². The maximum absolute atomic E-state index is 10.6. The lowest BCUT2D eigenvalue weighted by Gasteiger charge is -2.27. The van der Waals surface area contributed by atoms with Crippen molar-refractivity contribution in [3.63, 3.8) is 0 Å². The molecule has 6 nitrogen and oxygen atoms in total. The first kappa shape index (κ1) is 22.8. The van der Waals surface area contributed by atoms with Crippen molar-refractivity contribution < 1.29 is 27.8 Å². The van der Waals surface area contributed by atoms with Gasteiger partial charge in [-0.15, -0.1) is 0 Å². The third kappa shape index (κ3) is 7.12. The number of carboxylic acid groups (broad SMARTS) is 1. The Morgan fingerprint density at radius 3 is 2.57 bits per heavy atom. The molecule has 1 aromatic rings. The van der Waals surface area contributed by atoms with Crippen LogP contribution in [0.25, 0.3) is 0 Å². The van der Waals surface area contributed by atoms with Gasteiger partial charge in [0.25, 0.3) is 0 Å². The number of ether oxygens (including phenoxy) is 1. The second-order valence-electron chi connectivity index (χ2n) is 8.30. The van der Waals surface area contributed by atoms with Crippen LogP contribution in [-0.2, 0) is 4.79 Å². The van der Waals surface area contributed by atoms with Crippen LogP contribution in [0.4, 0.5) is 13.2 Å². The predicted molar refractivity (Wildman–Crippen MR) is 106 cm³/mol. The number of pyridine rings is 1. The van der Waals surface area contributed by atoms with Gasteiger partial charge < -0.3 is 20.1 Å². The minimum Gasteiger partial charge on any atom is -0.490 e. The number of aliphatic carboxylic acids is 1. The second kappa shape index (κ2) is 10.4. The van der Waals surface area contributed by atoms with Crippen molar-refractivity contribution in [2.45, 2.75) is 56.7 Å². The maximum atomic E-state index is 10.6. The normalized spacial score (nSPS) is 26.2. The van der Waals surface area contributed by atoms with Gasteiger partial charge in [0.1, 0.15) is 12.4 Å². The van der Waals surface area contributed by atoms with E-state index in [4.69, 9.17) is 14.6 Å². The van der Waals surface area contributed by atoms with Gasteiger partial charge in [0.2, 0.25) is 0 Å². The van der Waals surface area contributed by atoms with Gasteiger partial charge in [-0.25, -0.2) is 4.79 Å². The number of hydrogen-bond acceptors (Lipinski definition) is 5. The molecule has 3 fully saturated rings. The molecule has 9 heteroatoms. The number of carboxylic acids is 1. The number of rotatable bonds is 7. The standard InChI is InChI=1S/C19H29N3O.C2HF3O2/c1-2-7-22(8-3-1)9-5-15-11-19(15)16-10-18(13-20-12-16)23-14-17-4-6-21-17;3-2(4,5)1(6)7/h10,12-13,15,17,19,21H,1-9,11,14H2;(H,6,7)/t15-,17-,19-;/m0./s1.